The van der Waals surface area contributed by atoms with Crippen LogP contribution in [0.1, 0.15) is 58.4 Å². The lowest BCUT2D eigenvalue weighted by molar-refractivity contribution is -0.601. The molecule has 4 heterocycles. The van der Waals surface area contributed by atoms with E-state index in [1.54, 1.807) is 11.1 Å². The fourth-order valence-electron chi connectivity index (χ4n) is 4.86. The van der Waals surface area contributed by atoms with Gasteiger partial charge in [-0.15, -0.1) is 0 Å². The first-order chi connectivity index (χ1) is 17.8. The van der Waals surface area contributed by atoms with Crippen LogP contribution in [-0.4, -0.2) is 60.5 Å². The molecule has 1 N–H and O–H groups in total. The van der Waals surface area contributed by atoms with Crippen LogP contribution in [0.25, 0.3) is 5.82 Å². The zero-order chi connectivity index (χ0) is 26.3. The molecule has 2 aliphatic heterocycles. The van der Waals surface area contributed by atoms with Crippen LogP contribution in [0.4, 0.5) is 4.79 Å². The summed E-state index contributed by atoms with van der Waals surface area (Å²) in [6, 6.07) is 5.91. The van der Waals surface area contributed by atoms with Crippen LogP contribution in [0.2, 0.25) is 0 Å². The van der Waals surface area contributed by atoms with Gasteiger partial charge in [0.1, 0.15) is 30.8 Å². The lowest BCUT2D eigenvalue weighted by Crippen LogP contribution is -2.42. The maximum Gasteiger partial charge on any atom is 0.410 e. The Bertz CT molecular complexity index is 1040. The Morgan fingerprint density at radius 3 is 2.84 bits per heavy atom. The number of halogens is 1. The van der Waals surface area contributed by atoms with Gasteiger partial charge in [0.25, 0.3) is 0 Å². The third kappa shape index (κ3) is 8.38. The van der Waals surface area contributed by atoms with Gasteiger partial charge >= 0.3 is 11.9 Å². The largest absolute Gasteiger partial charge is 0.488 e. The third-order valence-electron chi connectivity index (χ3n) is 6.76. The van der Waals surface area contributed by atoms with Gasteiger partial charge < -0.3 is 24.4 Å². The summed E-state index contributed by atoms with van der Waals surface area (Å²) in [4.78, 5) is 19.0. The number of carbonyl (C=O) groups excluding carboxylic acids is 1. The van der Waals surface area contributed by atoms with Crippen molar-refractivity contribution in [1.82, 2.24) is 15.2 Å². The molecule has 2 aliphatic rings. The maximum atomic E-state index is 12.6. The molecule has 202 valence electrons. The summed E-state index contributed by atoms with van der Waals surface area (Å²) in [7, 11) is 0. The van der Waals surface area contributed by atoms with Crippen molar-refractivity contribution >= 4 is 22.0 Å². The van der Waals surface area contributed by atoms with Crippen LogP contribution in [0.5, 0.6) is 5.75 Å². The van der Waals surface area contributed by atoms with Gasteiger partial charge in [0.15, 0.2) is 5.75 Å². The minimum absolute atomic E-state index is 0.0129. The molecule has 4 rings (SSSR count). The van der Waals surface area contributed by atoms with E-state index in [0.29, 0.717) is 25.5 Å². The van der Waals surface area contributed by atoms with Gasteiger partial charge in [0.05, 0.1) is 22.7 Å². The number of hydrogen-bond acceptors (Lipinski definition) is 6. The van der Waals surface area contributed by atoms with Crippen molar-refractivity contribution < 1.29 is 23.6 Å². The van der Waals surface area contributed by atoms with Gasteiger partial charge in [0, 0.05) is 19.2 Å². The minimum Gasteiger partial charge on any atom is -0.488 e. The number of aromatic nitrogens is 2. The summed E-state index contributed by atoms with van der Waals surface area (Å²) in [6.45, 7) is 10.3. The van der Waals surface area contributed by atoms with Gasteiger partial charge in [-0.05, 0) is 105 Å². The highest BCUT2D eigenvalue weighted by Crippen LogP contribution is 2.23. The molecule has 0 aliphatic carbocycles. The van der Waals surface area contributed by atoms with E-state index in [0.717, 1.165) is 60.7 Å². The Labute approximate surface area is 228 Å². The Kier molecular flexibility index (Phi) is 9.78. The minimum atomic E-state index is -0.516. The average molecular weight is 577 g/mol. The molecule has 9 heteroatoms. The number of nitrogens with one attached hydrogen (secondary N) is 1. The van der Waals surface area contributed by atoms with Gasteiger partial charge in [0.2, 0.25) is 0 Å². The van der Waals surface area contributed by atoms with Gasteiger partial charge in [-0.25, -0.2) is 4.79 Å². The number of nitrogens with zero attached hydrogens (tertiary/aromatic N) is 3. The summed E-state index contributed by atoms with van der Waals surface area (Å²) < 4.78 is 20.7. The van der Waals surface area contributed by atoms with Crippen molar-refractivity contribution in [3.63, 3.8) is 0 Å². The molecule has 2 aromatic heterocycles. The van der Waals surface area contributed by atoms with Gasteiger partial charge in [-0.1, -0.05) is 0 Å². The second kappa shape index (κ2) is 13.0. The van der Waals surface area contributed by atoms with Crippen LogP contribution in [0, 0.1) is 5.92 Å². The number of rotatable bonds is 9. The zero-order valence-electron chi connectivity index (χ0n) is 22.2. The SMILES string of the molecule is CC(C)(C)OC(=O)N1CCCC1COc1cc(Br)c[n+](-c2ncccc2COCCC2CCNCC2)c1. The molecule has 2 aromatic rings. The molecule has 1 atom stereocenters. The van der Waals surface area contributed by atoms with Gasteiger partial charge in [-0.2, -0.15) is 4.57 Å². The number of hydrogen-bond donors (Lipinski definition) is 1. The predicted molar refractivity (Wildman–Crippen MR) is 145 cm³/mol. The predicted octanol–water partition coefficient (Wildman–Crippen LogP) is 4.81. The number of piperidine rings is 1. The lowest BCUT2D eigenvalue weighted by atomic mass is 9.95. The van der Waals surface area contributed by atoms with Crippen molar-refractivity contribution in [2.75, 3.05) is 32.8 Å². The molecular formula is C28H40BrN4O4+. The second-order valence-corrected chi connectivity index (χ2v) is 11.8. The molecule has 0 bridgehead atoms. The molecule has 0 saturated carbocycles. The highest BCUT2D eigenvalue weighted by molar-refractivity contribution is 9.10. The summed E-state index contributed by atoms with van der Waals surface area (Å²) in [5, 5.41) is 3.42. The third-order valence-corrected chi connectivity index (χ3v) is 7.19. The van der Waals surface area contributed by atoms with Crippen molar-refractivity contribution in [2.24, 2.45) is 5.92 Å². The number of likely N-dealkylation sites (tertiary alicyclic amines) is 1. The fourth-order valence-corrected chi connectivity index (χ4v) is 5.31. The van der Waals surface area contributed by atoms with Crippen molar-refractivity contribution in [2.45, 2.75) is 71.1 Å². The molecule has 0 spiro atoms. The second-order valence-electron chi connectivity index (χ2n) is 10.9. The maximum absolute atomic E-state index is 12.6. The smallest absolute Gasteiger partial charge is 0.410 e. The van der Waals surface area contributed by atoms with Crippen molar-refractivity contribution in [3.8, 4) is 11.6 Å². The highest BCUT2D eigenvalue weighted by Gasteiger charge is 2.32. The first kappa shape index (κ1) is 27.8. The number of carbonyl (C=O) groups is 1. The summed E-state index contributed by atoms with van der Waals surface area (Å²) in [6.07, 6.45) is 10.8. The Balaban J connectivity index is 1.37. The van der Waals surface area contributed by atoms with E-state index >= 15 is 0 Å². The molecule has 8 nitrogen and oxygen atoms in total. The monoisotopic (exact) mass is 575 g/mol. The Morgan fingerprint density at radius 1 is 1.24 bits per heavy atom. The number of amides is 1. The Morgan fingerprint density at radius 2 is 2.05 bits per heavy atom. The molecule has 2 saturated heterocycles. The lowest BCUT2D eigenvalue weighted by Gasteiger charge is -2.28. The van der Waals surface area contributed by atoms with Crippen LogP contribution < -0.4 is 14.6 Å². The van der Waals surface area contributed by atoms with Gasteiger partial charge in [-0.3, -0.25) is 0 Å². The first-order valence-electron chi connectivity index (χ1n) is 13.4. The molecule has 0 radical (unpaired) electrons. The van der Waals surface area contributed by atoms with E-state index in [-0.39, 0.29) is 12.1 Å². The number of pyridine rings is 2. The van der Waals surface area contributed by atoms with Crippen molar-refractivity contribution in [1.29, 1.82) is 0 Å². The van der Waals surface area contributed by atoms with E-state index in [1.165, 1.54) is 12.8 Å². The van der Waals surface area contributed by atoms with E-state index in [9.17, 15) is 4.79 Å². The zero-order valence-corrected chi connectivity index (χ0v) is 23.8. The molecule has 2 fully saturated rings. The standard InChI is InChI=1S/C28H40BrN4O4/c1-28(2,3)37-27(34)33-14-5-7-24(33)20-36-25-16-23(29)17-32(18-25)26-22(6-4-11-31-26)19-35-15-10-21-8-12-30-13-9-21/h4,6,11,16-18,21,24,30H,5,7-10,12-15,19-20H2,1-3H3/q+1. The van der Waals surface area contributed by atoms with Crippen LogP contribution >= 0.6 is 15.9 Å². The fraction of sp³-hybridized carbons (Fsp3) is 0.607. The topological polar surface area (TPSA) is 76.8 Å². The number of ether oxygens (including phenoxy) is 3. The molecule has 1 amide bonds. The van der Waals surface area contributed by atoms with E-state index < -0.39 is 5.60 Å². The summed E-state index contributed by atoms with van der Waals surface area (Å²) in [5.74, 6) is 2.26. The molecule has 37 heavy (non-hydrogen) atoms. The van der Waals surface area contributed by atoms with Crippen LogP contribution in [-0.2, 0) is 16.1 Å². The highest BCUT2D eigenvalue weighted by atomic mass is 79.9. The van der Waals surface area contributed by atoms with Crippen molar-refractivity contribution in [3.05, 3.63) is 46.8 Å². The summed E-state index contributed by atoms with van der Waals surface area (Å²) in [5.41, 5.74) is 0.506. The molecule has 0 aromatic carbocycles. The van der Waals surface area contributed by atoms with E-state index in [1.807, 2.05) is 49.9 Å². The molecular weight excluding hydrogens is 536 g/mol. The summed E-state index contributed by atoms with van der Waals surface area (Å²) >= 11 is 3.61. The quantitative estimate of drug-likeness (QED) is 0.341. The van der Waals surface area contributed by atoms with E-state index in [4.69, 9.17) is 14.2 Å². The Hall–Kier alpha value is -2.23. The average Bonchev–Trinajstić information content (AvgIpc) is 3.34. The van der Waals surface area contributed by atoms with Crippen LogP contribution in [0.15, 0.2) is 41.3 Å². The first-order valence-corrected chi connectivity index (χ1v) is 14.1. The van der Waals surface area contributed by atoms with Crippen LogP contribution in [0.3, 0.4) is 0 Å². The molecule has 1 unspecified atom stereocenters. The van der Waals surface area contributed by atoms with E-state index in [2.05, 4.69) is 32.3 Å². The normalized spacial score (nSPS) is 18.7.